The van der Waals surface area contributed by atoms with Crippen LogP contribution in [0.3, 0.4) is 0 Å². The van der Waals surface area contributed by atoms with E-state index < -0.39 is 0 Å². The Balaban J connectivity index is 1.83. The SMILES string of the molecule is Nc1cccc2nc(CC3CCOCC3)cn12. The summed E-state index contributed by atoms with van der Waals surface area (Å²) in [6.45, 7) is 1.78. The van der Waals surface area contributed by atoms with Crippen LogP contribution >= 0.6 is 0 Å². The molecule has 1 fully saturated rings. The van der Waals surface area contributed by atoms with Gasteiger partial charge in [0.25, 0.3) is 0 Å². The summed E-state index contributed by atoms with van der Waals surface area (Å²) in [5, 5.41) is 0. The van der Waals surface area contributed by atoms with Gasteiger partial charge in [0.1, 0.15) is 11.5 Å². The van der Waals surface area contributed by atoms with E-state index in [4.69, 9.17) is 10.5 Å². The first kappa shape index (κ1) is 10.6. The summed E-state index contributed by atoms with van der Waals surface area (Å²) in [5.41, 5.74) is 7.98. The summed E-state index contributed by atoms with van der Waals surface area (Å²) in [6, 6.07) is 5.83. The van der Waals surface area contributed by atoms with Crippen LogP contribution in [0.5, 0.6) is 0 Å². The van der Waals surface area contributed by atoms with Gasteiger partial charge >= 0.3 is 0 Å². The number of nitrogens with two attached hydrogens (primary N) is 1. The van der Waals surface area contributed by atoms with E-state index in [1.165, 1.54) is 0 Å². The minimum atomic E-state index is 0.704. The second-order valence-corrected chi connectivity index (χ2v) is 4.67. The smallest absolute Gasteiger partial charge is 0.138 e. The van der Waals surface area contributed by atoms with Crippen molar-refractivity contribution in [1.29, 1.82) is 0 Å². The quantitative estimate of drug-likeness (QED) is 0.858. The Morgan fingerprint density at radius 1 is 1.35 bits per heavy atom. The Morgan fingerprint density at radius 2 is 2.18 bits per heavy atom. The molecular formula is C13H17N3O. The first-order chi connectivity index (χ1) is 8.33. The van der Waals surface area contributed by atoms with Crippen LogP contribution in [0.2, 0.25) is 0 Å². The van der Waals surface area contributed by atoms with Crippen molar-refractivity contribution in [3.63, 3.8) is 0 Å². The maximum atomic E-state index is 5.91. The molecule has 0 spiro atoms. The van der Waals surface area contributed by atoms with Gasteiger partial charge in [-0.1, -0.05) is 6.07 Å². The summed E-state index contributed by atoms with van der Waals surface area (Å²) < 4.78 is 7.32. The highest BCUT2D eigenvalue weighted by Crippen LogP contribution is 2.20. The number of nitrogens with zero attached hydrogens (tertiary/aromatic N) is 2. The fraction of sp³-hybridized carbons (Fsp3) is 0.462. The molecule has 1 saturated heterocycles. The lowest BCUT2D eigenvalue weighted by atomic mass is 9.95. The van der Waals surface area contributed by atoms with E-state index in [2.05, 4.69) is 11.2 Å². The average molecular weight is 231 g/mol. The number of ether oxygens (including phenoxy) is 1. The Labute approximate surface area is 100 Å². The molecule has 4 nitrogen and oxygen atoms in total. The molecule has 0 bridgehead atoms. The van der Waals surface area contributed by atoms with Crippen LogP contribution in [0.15, 0.2) is 24.4 Å². The third-order valence-electron chi connectivity index (χ3n) is 3.41. The van der Waals surface area contributed by atoms with Crippen molar-refractivity contribution in [2.45, 2.75) is 19.3 Å². The van der Waals surface area contributed by atoms with E-state index in [0.717, 1.165) is 49.6 Å². The largest absolute Gasteiger partial charge is 0.385 e. The van der Waals surface area contributed by atoms with Crippen LogP contribution in [-0.2, 0) is 11.2 Å². The Bertz CT molecular complexity index is 514. The second-order valence-electron chi connectivity index (χ2n) is 4.67. The summed E-state index contributed by atoms with van der Waals surface area (Å²) in [5.74, 6) is 1.45. The minimum absolute atomic E-state index is 0.704. The predicted octanol–water partition coefficient (Wildman–Crippen LogP) is 1.89. The summed E-state index contributed by atoms with van der Waals surface area (Å²) in [4.78, 5) is 4.61. The molecule has 17 heavy (non-hydrogen) atoms. The maximum Gasteiger partial charge on any atom is 0.138 e. The van der Waals surface area contributed by atoms with Crippen molar-refractivity contribution in [1.82, 2.24) is 9.38 Å². The number of fused-ring (bicyclic) bond motifs is 1. The third kappa shape index (κ3) is 2.13. The van der Waals surface area contributed by atoms with Gasteiger partial charge in [0.15, 0.2) is 0 Å². The maximum absolute atomic E-state index is 5.91. The molecule has 3 heterocycles. The van der Waals surface area contributed by atoms with Gasteiger partial charge in [-0.15, -0.1) is 0 Å². The van der Waals surface area contributed by atoms with Crippen LogP contribution in [0.1, 0.15) is 18.5 Å². The highest BCUT2D eigenvalue weighted by Gasteiger charge is 2.16. The number of nitrogen functional groups attached to an aromatic ring is 1. The lowest BCUT2D eigenvalue weighted by Crippen LogP contribution is -2.17. The van der Waals surface area contributed by atoms with Gasteiger partial charge < -0.3 is 10.5 Å². The van der Waals surface area contributed by atoms with Gasteiger partial charge in [-0.25, -0.2) is 4.98 Å². The van der Waals surface area contributed by atoms with Crippen LogP contribution in [0.25, 0.3) is 5.65 Å². The van der Waals surface area contributed by atoms with Crippen molar-refractivity contribution >= 4 is 11.5 Å². The zero-order valence-electron chi connectivity index (χ0n) is 9.80. The predicted molar refractivity (Wildman–Crippen MR) is 66.9 cm³/mol. The molecule has 3 rings (SSSR count). The van der Waals surface area contributed by atoms with Gasteiger partial charge in [-0.3, -0.25) is 4.40 Å². The van der Waals surface area contributed by atoms with Crippen LogP contribution in [0, 0.1) is 5.92 Å². The number of hydrogen-bond acceptors (Lipinski definition) is 3. The summed E-state index contributed by atoms with van der Waals surface area (Å²) in [7, 11) is 0. The molecule has 4 heteroatoms. The first-order valence-electron chi connectivity index (χ1n) is 6.13. The minimum Gasteiger partial charge on any atom is -0.385 e. The van der Waals surface area contributed by atoms with Crippen molar-refractivity contribution in [3.05, 3.63) is 30.1 Å². The average Bonchev–Trinajstić information content (AvgIpc) is 2.74. The number of imidazole rings is 1. The Hall–Kier alpha value is -1.55. The fourth-order valence-electron chi connectivity index (χ4n) is 2.43. The van der Waals surface area contributed by atoms with Gasteiger partial charge in [0.05, 0.1) is 5.69 Å². The van der Waals surface area contributed by atoms with Crippen LogP contribution in [0.4, 0.5) is 5.82 Å². The van der Waals surface area contributed by atoms with Crippen molar-refractivity contribution in [2.24, 2.45) is 5.92 Å². The van der Waals surface area contributed by atoms with Crippen molar-refractivity contribution in [2.75, 3.05) is 18.9 Å². The van der Waals surface area contributed by atoms with E-state index >= 15 is 0 Å². The Kier molecular flexibility index (Phi) is 2.73. The molecular weight excluding hydrogens is 214 g/mol. The Morgan fingerprint density at radius 3 is 2.94 bits per heavy atom. The van der Waals surface area contributed by atoms with Crippen molar-refractivity contribution < 1.29 is 4.74 Å². The molecule has 2 aromatic heterocycles. The molecule has 0 amide bonds. The fourth-order valence-corrected chi connectivity index (χ4v) is 2.43. The molecule has 0 aromatic carbocycles. The highest BCUT2D eigenvalue weighted by molar-refractivity contribution is 5.48. The van der Waals surface area contributed by atoms with Crippen LogP contribution < -0.4 is 5.73 Å². The summed E-state index contributed by atoms with van der Waals surface area (Å²) >= 11 is 0. The number of pyridine rings is 1. The molecule has 1 aliphatic heterocycles. The highest BCUT2D eigenvalue weighted by atomic mass is 16.5. The van der Waals surface area contributed by atoms with Crippen LogP contribution in [-0.4, -0.2) is 22.6 Å². The van der Waals surface area contributed by atoms with Gasteiger partial charge in [-0.05, 0) is 37.3 Å². The molecule has 2 aromatic rings. The lowest BCUT2D eigenvalue weighted by molar-refractivity contribution is 0.0663. The number of anilines is 1. The molecule has 0 unspecified atom stereocenters. The topological polar surface area (TPSA) is 52.5 Å². The number of aromatic nitrogens is 2. The van der Waals surface area contributed by atoms with Crippen molar-refractivity contribution in [3.8, 4) is 0 Å². The standard InChI is InChI=1S/C13H17N3O/c14-12-2-1-3-13-15-11(9-16(12)13)8-10-4-6-17-7-5-10/h1-3,9-10H,4-8,14H2. The van der Waals surface area contributed by atoms with E-state index in [1.807, 2.05) is 22.6 Å². The third-order valence-corrected chi connectivity index (χ3v) is 3.41. The number of hydrogen-bond donors (Lipinski definition) is 1. The van der Waals surface area contributed by atoms with E-state index in [9.17, 15) is 0 Å². The molecule has 0 aliphatic carbocycles. The van der Waals surface area contributed by atoms with Gasteiger partial charge in [0.2, 0.25) is 0 Å². The number of rotatable bonds is 2. The second kappa shape index (κ2) is 4.37. The zero-order chi connectivity index (χ0) is 11.7. The molecule has 90 valence electrons. The normalized spacial score (nSPS) is 17.6. The lowest BCUT2D eigenvalue weighted by Gasteiger charge is -2.20. The molecule has 0 radical (unpaired) electrons. The van der Waals surface area contributed by atoms with E-state index in [1.54, 1.807) is 0 Å². The first-order valence-corrected chi connectivity index (χ1v) is 6.13. The molecule has 0 saturated carbocycles. The molecule has 1 aliphatic rings. The molecule has 2 N–H and O–H groups in total. The van der Waals surface area contributed by atoms with E-state index in [-0.39, 0.29) is 0 Å². The van der Waals surface area contributed by atoms with Gasteiger partial charge in [-0.2, -0.15) is 0 Å². The van der Waals surface area contributed by atoms with Gasteiger partial charge in [0, 0.05) is 19.4 Å². The van der Waals surface area contributed by atoms with E-state index in [0.29, 0.717) is 5.92 Å². The zero-order valence-corrected chi connectivity index (χ0v) is 9.80. The molecule has 0 atom stereocenters. The monoisotopic (exact) mass is 231 g/mol. The summed E-state index contributed by atoms with van der Waals surface area (Å²) in [6.07, 6.45) is 5.37.